The Morgan fingerprint density at radius 1 is 1.17 bits per heavy atom. The summed E-state index contributed by atoms with van der Waals surface area (Å²) in [4.78, 5) is 6.66. The first kappa shape index (κ1) is 21.7. The average molecular weight is 415 g/mol. The van der Waals surface area contributed by atoms with Crippen LogP contribution >= 0.6 is 0 Å². The Kier molecular flexibility index (Phi) is 7.76. The molecule has 0 aromatic heterocycles. The molecule has 0 saturated carbocycles. The van der Waals surface area contributed by atoms with Gasteiger partial charge in [0.15, 0.2) is 5.96 Å². The van der Waals surface area contributed by atoms with Crippen molar-refractivity contribution >= 4 is 11.6 Å². The van der Waals surface area contributed by atoms with Crippen LogP contribution in [0.4, 0.5) is 10.1 Å². The number of nitrogens with zero attached hydrogens (tertiary/aromatic N) is 2. The summed E-state index contributed by atoms with van der Waals surface area (Å²) in [6, 6.07) is 13.0. The largest absolute Gasteiger partial charge is 0.497 e. The van der Waals surface area contributed by atoms with Crippen LogP contribution in [0.25, 0.3) is 0 Å². The molecule has 1 aliphatic rings. The predicted octanol–water partition coefficient (Wildman–Crippen LogP) is 3.22. The Morgan fingerprint density at radius 3 is 2.60 bits per heavy atom. The van der Waals surface area contributed by atoms with Crippen LogP contribution in [0.15, 0.2) is 47.5 Å². The number of benzene rings is 2. The minimum atomic E-state index is -0.183. The van der Waals surface area contributed by atoms with Gasteiger partial charge < -0.3 is 25.0 Å². The third kappa shape index (κ3) is 6.02. The summed E-state index contributed by atoms with van der Waals surface area (Å²) in [5.41, 5.74) is 2.11. The van der Waals surface area contributed by atoms with Crippen LogP contribution in [0.2, 0.25) is 0 Å². The normalized spacial score (nSPS) is 16.5. The molecule has 1 aliphatic heterocycles. The lowest BCUT2D eigenvalue weighted by Gasteiger charge is -2.21. The molecule has 0 amide bonds. The quantitative estimate of drug-likeness (QED) is 0.395. The summed E-state index contributed by atoms with van der Waals surface area (Å²) in [5.74, 6) is 2.19. The molecule has 1 saturated heterocycles. The van der Waals surface area contributed by atoms with Crippen LogP contribution < -0.4 is 25.0 Å². The van der Waals surface area contributed by atoms with Gasteiger partial charge in [0.05, 0.1) is 14.2 Å². The summed E-state index contributed by atoms with van der Waals surface area (Å²) in [5, 5.41) is 6.86. The Morgan fingerprint density at radius 2 is 1.93 bits per heavy atom. The second kappa shape index (κ2) is 10.7. The van der Waals surface area contributed by atoms with Gasteiger partial charge in [-0.25, -0.2) is 4.39 Å². The first-order chi connectivity index (χ1) is 14.6. The number of anilines is 1. The van der Waals surface area contributed by atoms with E-state index >= 15 is 0 Å². The average Bonchev–Trinajstić information content (AvgIpc) is 3.24. The van der Waals surface area contributed by atoms with Crippen LogP contribution in [0.5, 0.6) is 11.5 Å². The highest BCUT2D eigenvalue weighted by atomic mass is 19.1. The molecule has 1 heterocycles. The molecule has 7 heteroatoms. The zero-order valence-electron chi connectivity index (χ0n) is 18.0. The van der Waals surface area contributed by atoms with Gasteiger partial charge in [-0.2, -0.15) is 0 Å². The van der Waals surface area contributed by atoms with Gasteiger partial charge in [-0.1, -0.05) is 12.1 Å². The minimum Gasteiger partial charge on any atom is -0.497 e. The molecule has 2 aromatic rings. The van der Waals surface area contributed by atoms with Crippen molar-refractivity contribution in [2.45, 2.75) is 25.3 Å². The molecule has 1 unspecified atom stereocenters. The predicted molar refractivity (Wildman–Crippen MR) is 119 cm³/mol. The van der Waals surface area contributed by atoms with Crippen molar-refractivity contribution < 1.29 is 13.9 Å². The van der Waals surface area contributed by atoms with Crippen molar-refractivity contribution in [2.75, 3.05) is 45.8 Å². The van der Waals surface area contributed by atoms with Gasteiger partial charge in [-0.3, -0.25) is 4.99 Å². The van der Waals surface area contributed by atoms with Crippen LogP contribution in [-0.2, 0) is 6.42 Å². The van der Waals surface area contributed by atoms with Gasteiger partial charge in [0.1, 0.15) is 17.3 Å². The van der Waals surface area contributed by atoms with Gasteiger partial charge in [-0.05, 0) is 37.0 Å². The lowest BCUT2D eigenvalue weighted by atomic mass is 10.1. The molecule has 1 fully saturated rings. The maximum atomic E-state index is 13.3. The Hall–Kier alpha value is -2.96. The highest BCUT2D eigenvalue weighted by molar-refractivity contribution is 5.80. The minimum absolute atomic E-state index is 0.183. The molecule has 162 valence electrons. The van der Waals surface area contributed by atoms with E-state index in [-0.39, 0.29) is 5.82 Å². The molecule has 3 rings (SSSR count). The van der Waals surface area contributed by atoms with Crippen LogP contribution in [0.3, 0.4) is 0 Å². The summed E-state index contributed by atoms with van der Waals surface area (Å²) in [6.07, 6.45) is 2.75. The van der Waals surface area contributed by atoms with E-state index < -0.39 is 0 Å². The summed E-state index contributed by atoms with van der Waals surface area (Å²) >= 11 is 0. The van der Waals surface area contributed by atoms with Crippen molar-refractivity contribution in [3.05, 3.63) is 53.8 Å². The van der Waals surface area contributed by atoms with Crippen molar-refractivity contribution in [3.8, 4) is 11.5 Å². The van der Waals surface area contributed by atoms with Gasteiger partial charge >= 0.3 is 0 Å². The van der Waals surface area contributed by atoms with Crippen molar-refractivity contribution in [1.82, 2.24) is 10.6 Å². The number of rotatable bonds is 8. The second-order valence-electron chi connectivity index (χ2n) is 7.38. The molecule has 1 atom stereocenters. The van der Waals surface area contributed by atoms with Crippen molar-refractivity contribution in [3.63, 3.8) is 0 Å². The maximum absolute atomic E-state index is 13.3. The lowest BCUT2D eigenvalue weighted by Crippen LogP contribution is -2.44. The molecule has 0 spiro atoms. The molecule has 2 aromatic carbocycles. The third-order valence-corrected chi connectivity index (χ3v) is 5.28. The van der Waals surface area contributed by atoms with Crippen molar-refractivity contribution in [1.29, 1.82) is 0 Å². The number of methoxy groups -OCH3 is 2. The number of halogens is 1. The highest BCUT2D eigenvalue weighted by Gasteiger charge is 2.24. The fraction of sp³-hybridized carbons (Fsp3) is 0.435. The van der Waals surface area contributed by atoms with E-state index in [1.165, 1.54) is 6.07 Å². The van der Waals surface area contributed by atoms with Gasteiger partial charge in [0.2, 0.25) is 0 Å². The number of nitrogens with one attached hydrogen (secondary N) is 2. The number of hydrogen-bond donors (Lipinski definition) is 2. The van der Waals surface area contributed by atoms with E-state index in [4.69, 9.17) is 9.47 Å². The Bertz CT molecular complexity index is 837. The monoisotopic (exact) mass is 414 g/mol. The molecule has 0 bridgehead atoms. The van der Waals surface area contributed by atoms with E-state index in [0.717, 1.165) is 67.6 Å². The third-order valence-electron chi connectivity index (χ3n) is 5.28. The fourth-order valence-electron chi connectivity index (χ4n) is 3.67. The van der Waals surface area contributed by atoms with E-state index in [9.17, 15) is 4.39 Å². The fourth-order valence-corrected chi connectivity index (χ4v) is 3.67. The number of aryl methyl sites for hydroxylation is 1. The van der Waals surface area contributed by atoms with Gasteiger partial charge in [-0.15, -0.1) is 0 Å². The topological polar surface area (TPSA) is 58.1 Å². The summed E-state index contributed by atoms with van der Waals surface area (Å²) in [7, 11) is 5.11. The van der Waals surface area contributed by atoms with Crippen LogP contribution in [0.1, 0.15) is 18.4 Å². The van der Waals surface area contributed by atoms with E-state index in [2.05, 4.69) is 20.5 Å². The van der Waals surface area contributed by atoms with Crippen LogP contribution in [-0.4, -0.2) is 52.9 Å². The second-order valence-corrected chi connectivity index (χ2v) is 7.38. The molecule has 6 nitrogen and oxygen atoms in total. The zero-order chi connectivity index (χ0) is 21.3. The van der Waals surface area contributed by atoms with Gasteiger partial charge in [0.25, 0.3) is 0 Å². The smallest absolute Gasteiger partial charge is 0.191 e. The van der Waals surface area contributed by atoms with Crippen molar-refractivity contribution in [2.24, 2.45) is 4.99 Å². The summed E-state index contributed by atoms with van der Waals surface area (Å²) < 4.78 is 24.0. The lowest BCUT2D eigenvalue weighted by molar-refractivity contribution is 0.394. The first-order valence-electron chi connectivity index (χ1n) is 10.3. The van der Waals surface area contributed by atoms with E-state index in [0.29, 0.717) is 6.04 Å². The number of guanidine groups is 1. The number of hydrogen-bond acceptors (Lipinski definition) is 4. The molecule has 0 aliphatic carbocycles. The number of ether oxygens (including phenoxy) is 2. The molecule has 2 N–H and O–H groups in total. The molecule has 0 radical (unpaired) electrons. The van der Waals surface area contributed by atoms with E-state index in [1.807, 2.05) is 24.3 Å². The first-order valence-corrected chi connectivity index (χ1v) is 10.3. The zero-order valence-corrected chi connectivity index (χ0v) is 18.0. The molecule has 30 heavy (non-hydrogen) atoms. The van der Waals surface area contributed by atoms with Crippen LogP contribution in [0, 0.1) is 5.82 Å². The highest BCUT2D eigenvalue weighted by Crippen LogP contribution is 2.30. The number of aliphatic imine (C=N–C) groups is 1. The molecular formula is C23H31FN4O2. The standard InChI is InChI=1S/C23H31FN4O2/c1-25-23(26-10-5-7-17-6-4-8-18(24)12-17)27-19-9-11-28(16-19)20-13-21(29-2)15-22(14-20)30-3/h4,6,8,12-15,19H,5,7,9-11,16H2,1-3H3,(H2,25,26,27). The van der Waals surface area contributed by atoms with E-state index in [1.54, 1.807) is 33.4 Å². The Labute approximate surface area is 178 Å². The SMILES string of the molecule is CN=C(NCCCc1cccc(F)c1)NC1CCN(c2cc(OC)cc(OC)c2)C1. The Balaban J connectivity index is 1.46. The van der Waals surface area contributed by atoms with Gasteiger partial charge in [0, 0.05) is 56.6 Å². The summed E-state index contributed by atoms with van der Waals surface area (Å²) in [6.45, 7) is 2.60. The maximum Gasteiger partial charge on any atom is 0.191 e. The molecular weight excluding hydrogens is 383 g/mol.